The summed E-state index contributed by atoms with van der Waals surface area (Å²) in [5.41, 5.74) is 3.98. The molecule has 19 heavy (non-hydrogen) atoms. The van der Waals surface area contributed by atoms with E-state index in [1.807, 2.05) is 12.1 Å². The van der Waals surface area contributed by atoms with Crippen LogP contribution in [0.4, 0.5) is 0 Å². The van der Waals surface area contributed by atoms with Crippen LogP contribution >= 0.6 is 0 Å². The molecule has 4 nitrogen and oxygen atoms in total. The quantitative estimate of drug-likeness (QED) is 0.793. The number of rotatable bonds is 5. The fourth-order valence-electron chi connectivity index (χ4n) is 1.93. The number of benzene rings is 1. The maximum Gasteiger partial charge on any atom is 0.175 e. The van der Waals surface area contributed by atoms with Crippen LogP contribution in [-0.2, 0) is 16.4 Å². The van der Waals surface area contributed by atoms with Gasteiger partial charge in [0, 0.05) is 32.4 Å². The van der Waals surface area contributed by atoms with E-state index in [4.69, 9.17) is 0 Å². The topological polar surface area (TPSA) is 58.2 Å². The van der Waals surface area contributed by atoms with Crippen LogP contribution < -0.4 is 10.6 Å². The third-order valence-corrected chi connectivity index (χ3v) is 4.48. The Kier molecular flexibility index (Phi) is 4.39. The van der Waals surface area contributed by atoms with Crippen molar-refractivity contribution in [2.75, 3.05) is 25.9 Å². The Labute approximate surface area is 114 Å². The van der Waals surface area contributed by atoms with E-state index in [1.54, 1.807) is 12.1 Å². The molecule has 104 valence electrons. The molecule has 5 heteroatoms. The van der Waals surface area contributed by atoms with Crippen molar-refractivity contribution in [3.05, 3.63) is 41.0 Å². The minimum atomic E-state index is -3.10. The van der Waals surface area contributed by atoms with Crippen molar-refractivity contribution < 1.29 is 8.42 Å². The van der Waals surface area contributed by atoms with Gasteiger partial charge in [-0.2, -0.15) is 0 Å². The Bertz CT molecular complexity index is 568. The lowest BCUT2D eigenvalue weighted by Crippen LogP contribution is -2.36. The molecule has 1 aromatic carbocycles. The molecule has 0 amide bonds. The zero-order valence-electron chi connectivity index (χ0n) is 11.4. The third-order valence-electron chi connectivity index (χ3n) is 3.35. The van der Waals surface area contributed by atoms with Gasteiger partial charge in [-0.15, -0.1) is 0 Å². The lowest BCUT2D eigenvalue weighted by atomic mass is 10.0. The van der Waals surface area contributed by atoms with Crippen LogP contribution in [-0.4, -0.2) is 34.3 Å². The van der Waals surface area contributed by atoms with Gasteiger partial charge in [0.25, 0.3) is 0 Å². The van der Waals surface area contributed by atoms with Crippen molar-refractivity contribution in [3.63, 3.8) is 0 Å². The van der Waals surface area contributed by atoms with Gasteiger partial charge >= 0.3 is 0 Å². The minimum Gasteiger partial charge on any atom is -0.309 e. The summed E-state index contributed by atoms with van der Waals surface area (Å²) in [6.45, 7) is 5.80. The molecule has 1 fully saturated rings. The maximum absolute atomic E-state index is 11.3. The minimum absolute atomic E-state index is 0.370. The summed E-state index contributed by atoms with van der Waals surface area (Å²) in [5.74, 6) is 0. The molecule has 0 unspecified atom stereocenters. The summed E-state index contributed by atoms with van der Waals surface area (Å²) in [5, 5.41) is 6.60. The van der Waals surface area contributed by atoms with Crippen LogP contribution in [0.15, 0.2) is 40.3 Å². The van der Waals surface area contributed by atoms with Crippen LogP contribution in [0.1, 0.15) is 12.5 Å². The lowest BCUT2D eigenvalue weighted by Gasteiger charge is -2.22. The molecule has 0 spiro atoms. The summed E-state index contributed by atoms with van der Waals surface area (Å²) in [7, 11) is -3.10. The highest BCUT2D eigenvalue weighted by Gasteiger charge is 2.10. The van der Waals surface area contributed by atoms with Gasteiger partial charge in [-0.05, 0) is 30.2 Å². The first-order valence-electron chi connectivity index (χ1n) is 6.35. The summed E-state index contributed by atoms with van der Waals surface area (Å²) in [6, 6.07) is 7.04. The molecule has 0 aromatic heterocycles. The Hall–Kier alpha value is -1.17. The first-order chi connectivity index (χ1) is 8.97. The van der Waals surface area contributed by atoms with Gasteiger partial charge in [-0.3, -0.25) is 0 Å². The van der Waals surface area contributed by atoms with Crippen molar-refractivity contribution in [1.29, 1.82) is 0 Å². The fourth-order valence-corrected chi connectivity index (χ4v) is 2.56. The molecule has 0 bridgehead atoms. The highest BCUT2D eigenvalue weighted by atomic mass is 32.2. The van der Waals surface area contributed by atoms with Crippen LogP contribution in [0.2, 0.25) is 0 Å². The van der Waals surface area contributed by atoms with Gasteiger partial charge in [0.1, 0.15) is 0 Å². The molecular formula is C14H20N2O2S. The fraction of sp³-hybridized carbons (Fsp3) is 0.429. The molecule has 0 saturated carbocycles. The Morgan fingerprint density at radius 1 is 1.26 bits per heavy atom. The van der Waals surface area contributed by atoms with Gasteiger partial charge in [0.15, 0.2) is 9.84 Å². The molecule has 1 saturated heterocycles. The molecular weight excluding hydrogens is 260 g/mol. The normalized spacial score (nSPS) is 15.2. The van der Waals surface area contributed by atoms with Crippen molar-refractivity contribution in [2.24, 2.45) is 0 Å². The lowest BCUT2D eigenvalue weighted by molar-refractivity contribution is 0.602. The molecule has 2 N–H and O–H groups in total. The second-order valence-electron chi connectivity index (χ2n) is 5.01. The third kappa shape index (κ3) is 3.89. The Morgan fingerprint density at radius 2 is 1.89 bits per heavy atom. The van der Waals surface area contributed by atoms with Crippen molar-refractivity contribution in [1.82, 2.24) is 10.6 Å². The molecule has 2 rings (SSSR count). The second kappa shape index (κ2) is 5.86. The van der Waals surface area contributed by atoms with Gasteiger partial charge < -0.3 is 10.6 Å². The van der Waals surface area contributed by atoms with E-state index in [0.29, 0.717) is 4.90 Å². The first-order valence-corrected chi connectivity index (χ1v) is 8.24. The number of nitrogens with one attached hydrogen (secondary N) is 2. The highest BCUT2D eigenvalue weighted by molar-refractivity contribution is 7.90. The maximum atomic E-state index is 11.3. The van der Waals surface area contributed by atoms with E-state index in [-0.39, 0.29) is 0 Å². The Morgan fingerprint density at radius 3 is 2.37 bits per heavy atom. The van der Waals surface area contributed by atoms with Gasteiger partial charge in [0.2, 0.25) is 0 Å². The largest absolute Gasteiger partial charge is 0.309 e. The predicted octanol–water partition coefficient (Wildman–Crippen LogP) is 1.10. The van der Waals surface area contributed by atoms with E-state index >= 15 is 0 Å². The van der Waals surface area contributed by atoms with Gasteiger partial charge in [-0.25, -0.2) is 8.42 Å². The molecule has 0 radical (unpaired) electrons. The van der Waals surface area contributed by atoms with Gasteiger partial charge in [0.05, 0.1) is 4.90 Å². The molecule has 1 heterocycles. The number of hydrogen-bond donors (Lipinski definition) is 2. The van der Waals surface area contributed by atoms with Crippen molar-refractivity contribution >= 4 is 9.84 Å². The zero-order valence-corrected chi connectivity index (χ0v) is 12.2. The zero-order chi connectivity index (χ0) is 13.9. The van der Waals surface area contributed by atoms with Crippen LogP contribution in [0, 0.1) is 0 Å². The first kappa shape index (κ1) is 14.2. The molecule has 0 atom stereocenters. The van der Waals surface area contributed by atoms with E-state index in [2.05, 4.69) is 17.6 Å². The molecule has 0 aliphatic carbocycles. The monoisotopic (exact) mass is 280 g/mol. The Balaban J connectivity index is 1.87. The number of hydrogen-bond acceptors (Lipinski definition) is 4. The number of sulfone groups is 1. The van der Waals surface area contributed by atoms with E-state index in [0.717, 1.165) is 31.7 Å². The van der Waals surface area contributed by atoms with Gasteiger partial charge in [-0.1, -0.05) is 17.7 Å². The van der Waals surface area contributed by atoms with E-state index < -0.39 is 9.84 Å². The van der Waals surface area contributed by atoms with E-state index in [9.17, 15) is 8.42 Å². The molecule has 1 aromatic rings. The summed E-state index contributed by atoms with van der Waals surface area (Å²) in [6.07, 6.45) is 1.22. The smallest absolute Gasteiger partial charge is 0.175 e. The highest BCUT2D eigenvalue weighted by Crippen LogP contribution is 2.11. The predicted molar refractivity (Wildman–Crippen MR) is 76.8 cm³/mol. The van der Waals surface area contributed by atoms with Crippen molar-refractivity contribution in [2.45, 2.75) is 18.4 Å². The van der Waals surface area contributed by atoms with Crippen LogP contribution in [0.5, 0.6) is 0 Å². The van der Waals surface area contributed by atoms with Crippen molar-refractivity contribution in [3.8, 4) is 0 Å². The summed E-state index contributed by atoms with van der Waals surface area (Å²) < 4.78 is 22.7. The average molecular weight is 280 g/mol. The standard InChI is InChI=1S/C14H20N2O2S/c1-11(13-9-16-10-13)7-15-8-12-3-5-14(6-4-12)19(2,17)18/h3-6,15-16H,7-10H2,1-2H3. The second-order valence-corrected chi connectivity index (χ2v) is 7.02. The summed E-state index contributed by atoms with van der Waals surface area (Å²) >= 11 is 0. The van der Waals surface area contributed by atoms with Crippen LogP contribution in [0.3, 0.4) is 0 Å². The summed E-state index contributed by atoms with van der Waals surface area (Å²) in [4.78, 5) is 0.370. The van der Waals surface area contributed by atoms with E-state index in [1.165, 1.54) is 17.4 Å². The molecule has 1 aliphatic rings. The average Bonchev–Trinajstić information content (AvgIpc) is 2.26. The molecule has 1 aliphatic heterocycles. The SMILES string of the molecule is CC(CNCc1ccc(S(C)(=O)=O)cc1)=C1CNC1. The van der Waals surface area contributed by atoms with Crippen LogP contribution in [0.25, 0.3) is 0 Å².